The average Bonchev–Trinajstić information content (AvgIpc) is 2.95. The van der Waals surface area contributed by atoms with Crippen molar-refractivity contribution in [3.8, 4) is 0 Å². The van der Waals surface area contributed by atoms with E-state index in [0.717, 1.165) is 18.5 Å². The van der Waals surface area contributed by atoms with E-state index < -0.39 is 0 Å². The van der Waals surface area contributed by atoms with Crippen LogP contribution in [-0.4, -0.2) is 17.4 Å². The zero-order valence-electron chi connectivity index (χ0n) is 12.9. The third-order valence-electron chi connectivity index (χ3n) is 4.05. The summed E-state index contributed by atoms with van der Waals surface area (Å²) in [7, 11) is 0. The summed E-state index contributed by atoms with van der Waals surface area (Å²) in [5.74, 6) is 0.275. The van der Waals surface area contributed by atoms with Crippen LogP contribution in [0.5, 0.6) is 0 Å². The summed E-state index contributed by atoms with van der Waals surface area (Å²) >= 11 is 1.74. The summed E-state index contributed by atoms with van der Waals surface area (Å²) in [6, 6.07) is 8.55. The molecule has 1 amide bonds. The lowest BCUT2D eigenvalue weighted by atomic mass is 9.92. The molecule has 1 aromatic carbocycles. The van der Waals surface area contributed by atoms with Gasteiger partial charge < -0.3 is 4.90 Å². The zero-order valence-corrected chi connectivity index (χ0v) is 13.7. The molecule has 0 unspecified atom stereocenters. The van der Waals surface area contributed by atoms with Gasteiger partial charge in [-0.1, -0.05) is 26.0 Å². The molecular weight excluding hydrogens is 297 g/mol. The SMILES string of the molecule is CC(C)CC(=O)N1CCc2sccc2[C@H]1c1ccc(F)cc1. The highest BCUT2D eigenvalue weighted by Crippen LogP contribution is 2.38. The third-order valence-corrected chi connectivity index (χ3v) is 5.05. The zero-order chi connectivity index (χ0) is 15.7. The number of hydrogen-bond donors (Lipinski definition) is 0. The van der Waals surface area contributed by atoms with Gasteiger partial charge in [0.05, 0.1) is 6.04 Å². The number of benzene rings is 1. The summed E-state index contributed by atoms with van der Waals surface area (Å²) in [6.45, 7) is 4.86. The minimum atomic E-state index is -0.245. The molecule has 0 saturated heterocycles. The van der Waals surface area contributed by atoms with Gasteiger partial charge in [0.1, 0.15) is 5.82 Å². The Morgan fingerprint density at radius 2 is 2.05 bits per heavy atom. The van der Waals surface area contributed by atoms with Crippen molar-refractivity contribution < 1.29 is 9.18 Å². The standard InChI is InChI=1S/C18H20FNOS/c1-12(2)11-17(21)20-9-7-16-15(8-10-22-16)18(20)13-3-5-14(19)6-4-13/h3-6,8,10,12,18H,7,9,11H2,1-2H3/t18-/m1/s1. The highest BCUT2D eigenvalue weighted by molar-refractivity contribution is 7.10. The fourth-order valence-electron chi connectivity index (χ4n) is 3.06. The average molecular weight is 317 g/mol. The van der Waals surface area contributed by atoms with Gasteiger partial charge in [0, 0.05) is 17.8 Å². The number of rotatable bonds is 3. The predicted octanol–water partition coefficient (Wildman–Crippen LogP) is 4.41. The number of carbonyl (C=O) groups excluding carboxylic acids is 1. The van der Waals surface area contributed by atoms with Crippen molar-refractivity contribution in [2.75, 3.05) is 6.54 Å². The van der Waals surface area contributed by atoms with Gasteiger partial charge in [-0.15, -0.1) is 11.3 Å². The maximum atomic E-state index is 13.2. The summed E-state index contributed by atoms with van der Waals surface area (Å²) in [4.78, 5) is 15.9. The number of hydrogen-bond acceptors (Lipinski definition) is 2. The number of carbonyl (C=O) groups is 1. The molecule has 0 fully saturated rings. The lowest BCUT2D eigenvalue weighted by molar-refractivity contribution is -0.134. The van der Waals surface area contributed by atoms with Crippen molar-refractivity contribution >= 4 is 17.2 Å². The number of nitrogens with zero attached hydrogens (tertiary/aromatic N) is 1. The van der Waals surface area contributed by atoms with Crippen LogP contribution in [-0.2, 0) is 11.2 Å². The van der Waals surface area contributed by atoms with E-state index >= 15 is 0 Å². The smallest absolute Gasteiger partial charge is 0.223 e. The second kappa shape index (κ2) is 6.21. The van der Waals surface area contributed by atoms with E-state index in [1.807, 2.05) is 4.90 Å². The lowest BCUT2D eigenvalue weighted by Crippen LogP contribution is -2.40. The van der Waals surface area contributed by atoms with E-state index in [9.17, 15) is 9.18 Å². The fraction of sp³-hybridized carbons (Fsp3) is 0.389. The number of halogens is 1. The first-order valence-electron chi connectivity index (χ1n) is 7.67. The number of amides is 1. The summed E-state index contributed by atoms with van der Waals surface area (Å²) in [5, 5.41) is 2.08. The Kier molecular flexibility index (Phi) is 4.30. The van der Waals surface area contributed by atoms with Crippen molar-refractivity contribution in [2.24, 2.45) is 5.92 Å². The van der Waals surface area contributed by atoms with Crippen LogP contribution in [0.1, 0.15) is 42.3 Å². The molecule has 116 valence electrons. The van der Waals surface area contributed by atoms with Crippen LogP contribution in [0.3, 0.4) is 0 Å². The molecule has 4 heteroatoms. The molecule has 0 aliphatic carbocycles. The molecule has 1 atom stereocenters. The molecule has 2 nitrogen and oxygen atoms in total. The Hall–Kier alpha value is -1.68. The Morgan fingerprint density at radius 1 is 1.32 bits per heavy atom. The molecule has 1 aliphatic rings. The molecule has 22 heavy (non-hydrogen) atoms. The first kappa shape index (κ1) is 15.2. The number of thiophene rings is 1. The van der Waals surface area contributed by atoms with E-state index in [2.05, 4.69) is 25.3 Å². The molecule has 1 aromatic heterocycles. The third kappa shape index (κ3) is 2.93. The summed E-state index contributed by atoms with van der Waals surface area (Å²) in [5.41, 5.74) is 2.18. The van der Waals surface area contributed by atoms with E-state index in [1.54, 1.807) is 23.5 Å². The van der Waals surface area contributed by atoms with Gasteiger partial charge in [-0.05, 0) is 47.0 Å². The first-order chi connectivity index (χ1) is 10.6. The van der Waals surface area contributed by atoms with Gasteiger partial charge in [0.25, 0.3) is 0 Å². The molecule has 0 radical (unpaired) electrons. The molecule has 2 aromatic rings. The van der Waals surface area contributed by atoms with Crippen molar-refractivity contribution in [2.45, 2.75) is 32.7 Å². The second-order valence-electron chi connectivity index (χ2n) is 6.19. The van der Waals surface area contributed by atoms with Crippen LogP contribution in [0.4, 0.5) is 4.39 Å². The highest BCUT2D eigenvalue weighted by Gasteiger charge is 2.32. The van der Waals surface area contributed by atoms with Crippen LogP contribution in [0.15, 0.2) is 35.7 Å². The van der Waals surface area contributed by atoms with E-state index in [4.69, 9.17) is 0 Å². The minimum Gasteiger partial charge on any atom is -0.331 e. The monoisotopic (exact) mass is 317 g/mol. The summed E-state index contributed by atoms with van der Waals surface area (Å²) < 4.78 is 13.2. The maximum Gasteiger partial charge on any atom is 0.223 e. The van der Waals surface area contributed by atoms with Gasteiger partial charge in [0.15, 0.2) is 0 Å². The maximum absolute atomic E-state index is 13.2. The van der Waals surface area contributed by atoms with Gasteiger partial charge in [-0.3, -0.25) is 4.79 Å². The quantitative estimate of drug-likeness (QED) is 0.821. The topological polar surface area (TPSA) is 20.3 Å². The molecule has 2 heterocycles. The Morgan fingerprint density at radius 3 is 2.73 bits per heavy atom. The van der Waals surface area contributed by atoms with Crippen molar-refractivity contribution in [3.05, 3.63) is 57.5 Å². The molecule has 1 aliphatic heterocycles. The van der Waals surface area contributed by atoms with Crippen LogP contribution in [0.2, 0.25) is 0 Å². The van der Waals surface area contributed by atoms with Crippen molar-refractivity contribution in [1.29, 1.82) is 0 Å². The summed E-state index contributed by atoms with van der Waals surface area (Å²) in [6.07, 6.45) is 1.46. The Balaban J connectivity index is 1.99. The molecule has 0 N–H and O–H groups in total. The number of fused-ring (bicyclic) bond motifs is 1. The molecule has 0 bridgehead atoms. The van der Waals surface area contributed by atoms with Crippen molar-refractivity contribution in [1.82, 2.24) is 4.90 Å². The van der Waals surface area contributed by atoms with Gasteiger partial charge in [0.2, 0.25) is 5.91 Å². The first-order valence-corrected chi connectivity index (χ1v) is 8.55. The van der Waals surface area contributed by atoms with Crippen LogP contribution in [0.25, 0.3) is 0 Å². The lowest BCUT2D eigenvalue weighted by Gasteiger charge is -2.36. The van der Waals surface area contributed by atoms with Gasteiger partial charge in [-0.25, -0.2) is 4.39 Å². The van der Waals surface area contributed by atoms with Gasteiger partial charge >= 0.3 is 0 Å². The van der Waals surface area contributed by atoms with Crippen LogP contribution < -0.4 is 0 Å². The largest absolute Gasteiger partial charge is 0.331 e. The molecule has 0 saturated carbocycles. The van der Waals surface area contributed by atoms with Crippen molar-refractivity contribution in [3.63, 3.8) is 0 Å². The molecule has 3 rings (SSSR count). The predicted molar refractivity (Wildman–Crippen MR) is 87.4 cm³/mol. The van der Waals surface area contributed by atoms with E-state index in [1.165, 1.54) is 22.6 Å². The Labute approximate surface area is 134 Å². The highest BCUT2D eigenvalue weighted by atomic mass is 32.1. The van der Waals surface area contributed by atoms with Gasteiger partial charge in [-0.2, -0.15) is 0 Å². The molecular formula is C18H20FNOS. The fourth-order valence-corrected chi connectivity index (χ4v) is 3.96. The minimum absolute atomic E-state index is 0.0816. The Bertz CT molecular complexity index is 662. The second-order valence-corrected chi connectivity index (χ2v) is 7.19. The normalized spacial score (nSPS) is 17.6. The van der Waals surface area contributed by atoms with E-state index in [0.29, 0.717) is 12.3 Å². The van der Waals surface area contributed by atoms with Crippen LogP contribution in [0, 0.1) is 11.7 Å². The molecule has 0 spiro atoms. The van der Waals surface area contributed by atoms with E-state index in [-0.39, 0.29) is 17.8 Å². The van der Waals surface area contributed by atoms with Crippen LogP contribution >= 0.6 is 11.3 Å².